The standard InChI is InChI=1S/C20H21N3O/c1-3-23(4-2)19-12-10-18(11-13-19)22-20(24)17(15-21)14-16-8-6-5-7-9-16/h5-14H,3-4H2,1-2H3,(H,22,24)/b17-14-. The van der Waals surface area contributed by atoms with Gasteiger partial charge in [-0.15, -0.1) is 0 Å². The Morgan fingerprint density at radius 2 is 1.71 bits per heavy atom. The van der Waals surface area contributed by atoms with Crippen molar-refractivity contribution in [2.45, 2.75) is 13.8 Å². The number of nitriles is 1. The fourth-order valence-electron chi connectivity index (χ4n) is 2.41. The van der Waals surface area contributed by atoms with Gasteiger partial charge in [0.1, 0.15) is 11.6 Å². The highest BCUT2D eigenvalue weighted by Gasteiger charge is 2.10. The highest BCUT2D eigenvalue weighted by Crippen LogP contribution is 2.18. The molecule has 0 spiro atoms. The van der Waals surface area contributed by atoms with Gasteiger partial charge in [0.25, 0.3) is 5.91 Å². The number of carbonyl (C=O) groups is 1. The summed E-state index contributed by atoms with van der Waals surface area (Å²) >= 11 is 0. The summed E-state index contributed by atoms with van der Waals surface area (Å²) in [6, 6.07) is 18.9. The van der Waals surface area contributed by atoms with Gasteiger partial charge in [-0.1, -0.05) is 30.3 Å². The molecule has 0 aliphatic carbocycles. The first kappa shape index (κ1) is 17.3. The Kier molecular flexibility index (Phi) is 6.16. The van der Waals surface area contributed by atoms with Gasteiger partial charge in [0.15, 0.2) is 0 Å². The van der Waals surface area contributed by atoms with Crippen molar-refractivity contribution in [3.8, 4) is 6.07 Å². The van der Waals surface area contributed by atoms with Gasteiger partial charge < -0.3 is 10.2 Å². The van der Waals surface area contributed by atoms with Gasteiger partial charge in [-0.3, -0.25) is 4.79 Å². The Labute approximate surface area is 143 Å². The molecule has 4 nitrogen and oxygen atoms in total. The predicted molar refractivity (Wildman–Crippen MR) is 98.7 cm³/mol. The van der Waals surface area contributed by atoms with Crippen LogP contribution in [0.25, 0.3) is 6.08 Å². The predicted octanol–water partition coefficient (Wildman–Crippen LogP) is 4.08. The van der Waals surface area contributed by atoms with Crippen molar-refractivity contribution in [3.63, 3.8) is 0 Å². The third-order valence-corrected chi connectivity index (χ3v) is 3.73. The lowest BCUT2D eigenvalue weighted by Crippen LogP contribution is -2.21. The number of nitrogens with zero attached hydrogens (tertiary/aromatic N) is 2. The first-order chi connectivity index (χ1) is 11.7. The number of amides is 1. The van der Waals surface area contributed by atoms with Crippen LogP contribution in [-0.4, -0.2) is 19.0 Å². The molecule has 24 heavy (non-hydrogen) atoms. The summed E-state index contributed by atoms with van der Waals surface area (Å²) in [7, 11) is 0. The van der Waals surface area contributed by atoms with Gasteiger partial charge in [-0.25, -0.2) is 0 Å². The topological polar surface area (TPSA) is 56.1 Å². The van der Waals surface area contributed by atoms with E-state index in [1.807, 2.05) is 60.7 Å². The minimum atomic E-state index is -0.406. The molecular weight excluding hydrogens is 298 g/mol. The second-order valence-corrected chi connectivity index (χ2v) is 5.25. The molecular formula is C20H21N3O. The van der Waals surface area contributed by atoms with Crippen LogP contribution >= 0.6 is 0 Å². The molecule has 0 unspecified atom stereocenters. The van der Waals surface area contributed by atoms with E-state index in [-0.39, 0.29) is 5.57 Å². The normalized spacial score (nSPS) is 10.8. The smallest absolute Gasteiger partial charge is 0.266 e. The molecule has 2 aromatic carbocycles. The fraction of sp³-hybridized carbons (Fsp3) is 0.200. The summed E-state index contributed by atoms with van der Waals surface area (Å²) in [5.74, 6) is -0.406. The van der Waals surface area contributed by atoms with Gasteiger partial charge in [-0.2, -0.15) is 5.26 Å². The maximum absolute atomic E-state index is 12.3. The van der Waals surface area contributed by atoms with E-state index in [9.17, 15) is 10.1 Å². The summed E-state index contributed by atoms with van der Waals surface area (Å²) in [5.41, 5.74) is 2.68. The molecule has 2 aromatic rings. The molecule has 4 heteroatoms. The Morgan fingerprint density at radius 3 is 2.25 bits per heavy atom. The molecule has 0 atom stereocenters. The number of hydrogen-bond acceptors (Lipinski definition) is 3. The summed E-state index contributed by atoms with van der Waals surface area (Å²) < 4.78 is 0. The third-order valence-electron chi connectivity index (χ3n) is 3.73. The molecule has 0 heterocycles. The van der Waals surface area contributed by atoms with Crippen molar-refractivity contribution >= 4 is 23.4 Å². The van der Waals surface area contributed by atoms with Crippen molar-refractivity contribution in [1.82, 2.24) is 0 Å². The molecule has 1 amide bonds. The third kappa shape index (κ3) is 4.47. The van der Waals surface area contributed by atoms with Crippen molar-refractivity contribution < 1.29 is 4.79 Å². The van der Waals surface area contributed by atoms with E-state index in [1.54, 1.807) is 6.08 Å². The molecule has 0 radical (unpaired) electrons. The lowest BCUT2D eigenvalue weighted by Gasteiger charge is -2.21. The zero-order valence-corrected chi connectivity index (χ0v) is 14.0. The first-order valence-corrected chi connectivity index (χ1v) is 8.01. The van der Waals surface area contributed by atoms with Crippen LogP contribution in [0.3, 0.4) is 0 Å². The van der Waals surface area contributed by atoms with Crippen LogP contribution in [0.5, 0.6) is 0 Å². The molecule has 122 valence electrons. The number of hydrogen-bond donors (Lipinski definition) is 1. The summed E-state index contributed by atoms with van der Waals surface area (Å²) in [4.78, 5) is 14.5. The number of rotatable bonds is 6. The van der Waals surface area contributed by atoms with Crippen LogP contribution < -0.4 is 10.2 Å². The summed E-state index contributed by atoms with van der Waals surface area (Å²) in [5, 5.41) is 12.0. The zero-order valence-electron chi connectivity index (χ0n) is 14.0. The average molecular weight is 319 g/mol. The maximum Gasteiger partial charge on any atom is 0.266 e. The summed E-state index contributed by atoms with van der Waals surface area (Å²) in [6.45, 7) is 6.07. The van der Waals surface area contributed by atoms with Crippen molar-refractivity contribution in [1.29, 1.82) is 5.26 Å². The van der Waals surface area contributed by atoms with Crippen LogP contribution in [0.2, 0.25) is 0 Å². The highest BCUT2D eigenvalue weighted by atomic mass is 16.1. The molecule has 1 N–H and O–H groups in total. The minimum Gasteiger partial charge on any atom is -0.372 e. The van der Waals surface area contributed by atoms with Crippen molar-refractivity contribution in [3.05, 3.63) is 65.7 Å². The molecule has 0 fully saturated rings. The first-order valence-electron chi connectivity index (χ1n) is 8.01. The van der Waals surface area contributed by atoms with Crippen LogP contribution in [0.4, 0.5) is 11.4 Å². The highest BCUT2D eigenvalue weighted by molar-refractivity contribution is 6.09. The largest absolute Gasteiger partial charge is 0.372 e. The number of carbonyl (C=O) groups excluding carboxylic acids is 1. The quantitative estimate of drug-likeness (QED) is 0.645. The monoisotopic (exact) mass is 319 g/mol. The molecule has 0 aliphatic rings. The van der Waals surface area contributed by atoms with E-state index in [0.717, 1.165) is 24.3 Å². The Hall–Kier alpha value is -3.06. The van der Waals surface area contributed by atoms with Crippen LogP contribution in [0.1, 0.15) is 19.4 Å². The SMILES string of the molecule is CCN(CC)c1ccc(NC(=O)/C(C#N)=C\c2ccccc2)cc1. The van der Waals surface area contributed by atoms with E-state index in [2.05, 4.69) is 24.1 Å². The average Bonchev–Trinajstić information content (AvgIpc) is 2.63. The maximum atomic E-state index is 12.3. The van der Waals surface area contributed by atoms with Gasteiger partial charge in [0.2, 0.25) is 0 Å². The lowest BCUT2D eigenvalue weighted by atomic mass is 10.1. The van der Waals surface area contributed by atoms with Gasteiger partial charge in [0.05, 0.1) is 0 Å². The Morgan fingerprint density at radius 1 is 1.08 bits per heavy atom. The Bertz CT molecular complexity index is 739. The minimum absolute atomic E-state index is 0.0778. The van der Waals surface area contributed by atoms with E-state index >= 15 is 0 Å². The van der Waals surface area contributed by atoms with Gasteiger partial charge in [-0.05, 0) is 49.8 Å². The summed E-state index contributed by atoms with van der Waals surface area (Å²) in [6.07, 6.45) is 1.58. The van der Waals surface area contributed by atoms with Crippen LogP contribution in [0, 0.1) is 11.3 Å². The molecule has 2 rings (SSSR count). The Balaban J connectivity index is 2.11. The molecule has 0 aliphatic heterocycles. The second kappa shape index (κ2) is 8.54. The lowest BCUT2D eigenvalue weighted by molar-refractivity contribution is -0.112. The molecule has 0 saturated heterocycles. The fourth-order valence-corrected chi connectivity index (χ4v) is 2.41. The number of anilines is 2. The van der Waals surface area contributed by atoms with Crippen molar-refractivity contribution in [2.24, 2.45) is 0 Å². The van der Waals surface area contributed by atoms with E-state index in [0.29, 0.717) is 5.69 Å². The van der Waals surface area contributed by atoms with Crippen LogP contribution in [-0.2, 0) is 4.79 Å². The van der Waals surface area contributed by atoms with Gasteiger partial charge >= 0.3 is 0 Å². The van der Waals surface area contributed by atoms with E-state index in [4.69, 9.17) is 0 Å². The van der Waals surface area contributed by atoms with Crippen molar-refractivity contribution in [2.75, 3.05) is 23.3 Å². The number of nitrogens with one attached hydrogen (secondary N) is 1. The van der Waals surface area contributed by atoms with E-state index < -0.39 is 5.91 Å². The van der Waals surface area contributed by atoms with Crippen LogP contribution in [0.15, 0.2) is 60.2 Å². The molecule has 0 bridgehead atoms. The zero-order chi connectivity index (χ0) is 17.4. The number of benzene rings is 2. The van der Waals surface area contributed by atoms with Gasteiger partial charge in [0, 0.05) is 24.5 Å². The molecule has 0 aromatic heterocycles. The molecule has 0 saturated carbocycles. The van der Waals surface area contributed by atoms with E-state index in [1.165, 1.54) is 0 Å². The second-order valence-electron chi connectivity index (χ2n) is 5.25.